The lowest BCUT2D eigenvalue weighted by Gasteiger charge is -2.14. The summed E-state index contributed by atoms with van der Waals surface area (Å²) in [5.41, 5.74) is 0.972. The molecule has 2 aromatic rings. The van der Waals surface area contributed by atoms with E-state index in [1.54, 1.807) is 37.5 Å². The molecular weight excluding hydrogens is 298 g/mol. The van der Waals surface area contributed by atoms with Gasteiger partial charge in [-0.1, -0.05) is 0 Å². The predicted octanol–water partition coefficient (Wildman–Crippen LogP) is 2.40. The molecule has 122 valence electrons. The van der Waals surface area contributed by atoms with Gasteiger partial charge in [-0.3, -0.25) is 4.79 Å². The predicted molar refractivity (Wildman–Crippen MR) is 87.8 cm³/mol. The lowest BCUT2D eigenvalue weighted by Crippen LogP contribution is -2.13. The second-order valence-electron chi connectivity index (χ2n) is 4.55. The van der Waals surface area contributed by atoms with Crippen LogP contribution in [-0.2, 0) is 0 Å². The Morgan fingerprint density at radius 1 is 1.04 bits per heavy atom. The molecule has 0 atom stereocenters. The van der Waals surface area contributed by atoms with Crippen LogP contribution >= 0.6 is 0 Å². The van der Waals surface area contributed by atoms with E-state index in [-0.39, 0.29) is 5.91 Å². The molecule has 1 heterocycles. The number of carbonyl (C=O) groups excluding carboxylic acids is 1. The van der Waals surface area contributed by atoms with Gasteiger partial charge in [0.1, 0.15) is 5.82 Å². The molecule has 0 saturated carbocycles. The van der Waals surface area contributed by atoms with Crippen LogP contribution < -0.4 is 24.8 Å². The first-order valence-electron chi connectivity index (χ1n) is 6.88. The van der Waals surface area contributed by atoms with Crippen molar-refractivity contribution < 1.29 is 19.0 Å². The van der Waals surface area contributed by atoms with Crippen LogP contribution in [0.3, 0.4) is 0 Å². The van der Waals surface area contributed by atoms with Gasteiger partial charge in [0.2, 0.25) is 5.75 Å². The topological polar surface area (TPSA) is 81.7 Å². The third-order valence-corrected chi connectivity index (χ3v) is 3.20. The Labute approximate surface area is 134 Å². The van der Waals surface area contributed by atoms with Gasteiger partial charge in [-0.15, -0.1) is 0 Å². The molecule has 2 rings (SSSR count). The van der Waals surface area contributed by atoms with Crippen molar-refractivity contribution in [2.45, 2.75) is 0 Å². The summed E-state index contributed by atoms with van der Waals surface area (Å²) in [5.74, 6) is 1.69. The van der Waals surface area contributed by atoms with E-state index in [1.165, 1.54) is 21.3 Å². The minimum atomic E-state index is -0.303. The molecule has 0 spiro atoms. The van der Waals surface area contributed by atoms with Crippen LogP contribution in [0.1, 0.15) is 10.4 Å². The zero-order valence-electron chi connectivity index (χ0n) is 13.5. The van der Waals surface area contributed by atoms with Crippen LogP contribution in [0.2, 0.25) is 0 Å². The van der Waals surface area contributed by atoms with Crippen LogP contribution in [0, 0.1) is 0 Å². The molecule has 7 heteroatoms. The van der Waals surface area contributed by atoms with Crippen molar-refractivity contribution in [3.8, 4) is 17.2 Å². The molecule has 0 bridgehead atoms. The number of nitrogens with one attached hydrogen (secondary N) is 2. The fourth-order valence-corrected chi connectivity index (χ4v) is 2.03. The zero-order valence-corrected chi connectivity index (χ0v) is 13.5. The first kappa shape index (κ1) is 16.4. The quantitative estimate of drug-likeness (QED) is 0.851. The fourth-order valence-electron chi connectivity index (χ4n) is 2.03. The molecule has 1 aromatic carbocycles. The average molecular weight is 317 g/mol. The molecule has 0 fully saturated rings. The maximum absolute atomic E-state index is 12.4. The lowest BCUT2D eigenvalue weighted by molar-refractivity contribution is 0.102. The van der Waals surface area contributed by atoms with E-state index in [1.807, 2.05) is 0 Å². The highest BCUT2D eigenvalue weighted by molar-refractivity contribution is 6.05. The van der Waals surface area contributed by atoms with Gasteiger partial charge in [0, 0.05) is 12.6 Å². The summed E-state index contributed by atoms with van der Waals surface area (Å²) >= 11 is 0. The van der Waals surface area contributed by atoms with Crippen LogP contribution in [0.4, 0.5) is 11.5 Å². The molecule has 7 nitrogen and oxygen atoms in total. The number of nitrogens with zero attached hydrogens (tertiary/aromatic N) is 1. The standard InChI is InChI=1S/C16H19N3O4/c1-17-14-6-5-11(9-18-14)19-16(20)10-7-12(21-2)15(23-4)13(8-10)22-3/h5-9H,1-4H3,(H,17,18)(H,19,20). The molecule has 0 aliphatic carbocycles. The highest BCUT2D eigenvalue weighted by Gasteiger charge is 2.17. The van der Waals surface area contributed by atoms with Crippen molar-refractivity contribution in [3.63, 3.8) is 0 Å². The summed E-state index contributed by atoms with van der Waals surface area (Å²) in [5, 5.41) is 5.68. The first-order chi connectivity index (χ1) is 11.1. The summed E-state index contributed by atoms with van der Waals surface area (Å²) in [6.07, 6.45) is 1.57. The van der Waals surface area contributed by atoms with Crippen molar-refractivity contribution in [3.05, 3.63) is 36.0 Å². The number of methoxy groups -OCH3 is 3. The summed E-state index contributed by atoms with van der Waals surface area (Å²) in [6.45, 7) is 0. The lowest BCUT2D eigenvalue weighted by atomic mass is 10.1. The van der Waals surface area contributed by atoms with Crippen LogP contribution in [0.5, 0.6) is 17.2 Å². The van der Waals surface area contributed by atoms with Gasteiger partial charge < -0.3 is 24.8 Å². The highest BCUT2D eigenvalue weighted by atomic mass is 16.5. The van der Waals surface area contributed by atoms with Crippen molar-refractivity contribution in [2.24, 2.45) is 0 Å². The van der Waals surface area contributed by atoms with Gasteiger partial charge >= 0.3 is 0 Å². The zero-order chi connectivity index (χ0) is 16.8. The van der Waals surface area contributed by atoms with E-state index in [2.05, 4.69) is 15.6 Å². The summed E-state index contributed by atoms with van der Waals surface area (Å²) in [7, 11) is 6.28. The smallest absolute Gasteiger partial charge is 0.255 e. The highest BCUT2D eigenvalue weighted by Crippen LogP contribution is 2.38. The Morgan fingerprint density at radius 3 is 2.13 bits per heavy atom. The first-order valence-corrected chi connectivity index (χ1v) is 6.88. The number of aromatic nitrogens is 1. The number of hydrogen-bond donors (Lipinski definition) is 2. The molecule has 0 aliphatic heterocycles. The second-order valence-corrected chi connectivity index (χ2v) is 4.55. The van der Waals surface area contributed by atoms with Crippen molar-refractivity contribution >= 4 is 17.4 Å². The molecule has 1 amide bonds. The molecule has 0 radical (unpaired) electrons. The number of hydrogen-bond acceptors (Lipinski definition) is 6. The second kappa shape index (κ2) is 7.35. The number of rotatable bonds is 6. The van der Waals surface area contributed by atoms with Gasteiger partial charge in [0.05, 0.1) is 33.2 Å². The van der Waals surface area contributed by atoms with E-state index in [4.69, 9.17) is 14.2 Å². The molecule has 0 aliphatic rings. The SMILES string of the molecule is CNc1ccc(NC(=O)c2cc(OC)c(OC)c(OC)c2)cn1. The average Bonchev–Trinajstić information content (AvgIpc) is 2.60. The van der Waals surface area contributed by atoms with Gasteiger partial charge in [0.15, 0.2) is 11.5 Å². The number of anilines is 2. The van der Waals surface area contributed by atoms with Crippen molar-refractivity contribution in [1.29, 1.82) is 0 Å². The number of pyridine rings is 1. The van der Waals surface area contributed by atoms with E-state index >= 15 is 0 Å². The third kappa shape index (κ3) is 3.63. The van der Waals surface area contributed by atoms with Crippen molar-refractivity contribution in [1.82, 2.24) is 4.98 Å². The Balaban J connectivity index is 2.27. The Bertz CT molecular complexity index is 661. The molecule has 2 N–H and O–H groups in total. The van der Waals surface area contributed by atoms with Crippen LogP contribution in [-0.4, -0.2) is 39.3 Å². The normalized spacial score (nSPS) is 9.91. The van der Waals surface area contributed by atoms with Crippen molar-refractivity contribution in [2.75, 3.05) is 39.0 Å². The molecule has 23 heavy (non-hydrogen) atoms. The Hall–Kier alpha value is -2.96. The summed E-state index contributed by atoms with van der Waals surface area (Å²) in [6, 6.07) is 6.71. The molecule has 0 unspecified atom stereocenters. The molecule has 0 saturated heterocycles. The maximum Gasteiger partial charge on any atom is 0.255 e. The monoisotopic (exact) mass is 317 g/mol. The largest absolute Gasteiger partial charge is 0.493 e. The third-order valence-electron chi connectivity index (χ3n) is 3.20. The molecular formula is C16H19N3O4. The fraction of sp³-hybridized carbons (Fsp3) is 0.250. The number of ether oxygens (including phenoxy) is 3. The van der Waals surface area contributed by atoms with E-state index < -0.39 is 0 Å². The number of carbonyl (C=O) groups is 1. The van der Waals surface area contributed by atoms with Gasteiger partial charge in [-0.05, 0) is 24.3 Å². The van der Waals surface area contributed by atoms with E-state index in [0.717, 1.165) is 5.82 Å². The maximum atomic E-state index is 12.4. The Kier molecular flexibility index (Phi) is 5.24. The Morgan fingerprint density at radius 2 is 1.70 bits per heavy atom. The summed E-state index contributed by atoms with van der Waals surface area (Å²) < 4.78 is 15.7. The van der Waals surface area contributed by atoms with Gasteiger partial charge in [-0.25, -0.2) is 4.98 Å². The molecule has 1 aromatic heterocycles. The number of amides is 1. The minimum absolute atomic E-state index is 0.303. The summed E-state index contributed by atoms with van der Waals surface area (Å²) in [4.78, 5) is 16.5. The van der Waals surface area contributed by atoms with E-state index in [9.17, 15) is 4.79 Å². The number of benzene rings is 1. The minimum Gasteiger partial charge on any atom is -0.493 e. The van der Waals surface area contributed by atoms with Gasteiger partial charge in [0.25, 0.3) is 5.91 Å². The van der Waals surface area contributed by atoms with Gasteiger partial charge in [-0.2, -0.15) is 0 Å². The van der Waals surface area contributed by atoms with E-state index in [0.29, 0.717) is 28.5 Å². The van der Waals surface area contributed by atoms with Crippen LogP contribution in [0.15, 0.2) is 30.5 Å². The van der Waals surface area contributed by atoms with Crippen LogP contribution in [0.25, 0.3) is 0 Å².